The zero-order valence-corrected chi connectivity index (χ0v) is 18.6. The highest BCUT2D eigenvalue weighted by molar-refractivity contribution is 7.10. The van der Waals surface area contributed by atoms with Crippen molar-refractivity contribution >= 4 is 23.2 Å². The van der Waals surface area contributed by atoms with Crippen molar-refractivity contribution in [3.8, 4) is 0 Å². The molecule has 1 atom stereocenters. The van der Waals surface area contributed by atoms with Gasteiger partial charge in [0.1, 0.15) is 0 Å². The Kier molecular flexibility index (Phi) is 9.28. The van der Waals surface area contributed by atoms with E-state index in [-0.39, 0.29) is 5.91 Å². The van der Waals surface area contributed by atoms with Gasteiger partial charge in [-0.25, -0.2) is 0 Å². The molecule has 0 spiro atoms. The smallest absolute Gasteiger partial charge is 0.220 e. The molecule has 0 radical (unpaired) electrons. The van der Waals surface area contributed by atoms with Gasteiger partial charge in [-0.1, -0.05) is 18.9 Å². The van der Waals surface area contributed by atoms with Crippen molar-refractivity contribution in [2.24, 2.45) is 10.9 Å². The Labute approximate surface area is 179 Å². The maximum atomic E-state index is 12.1. The summed E-state index contributed by atoms with van der Waals surface area (Å²) in [6, 6.07) is 4.72. The molecule has 1 aromatic rings. The van der Waals surface area contributed by atoms with Crippen LogP contribution in [-0.2, 0) is 4.79 Å². The highest BCUT2D eigenvalue weighted by atomic mass is 32.1. The Bertz CT molecular complexity index is 621. The normalized spacial score (nSPS) is 19.4. The highest BCUT2D eigenvalue weighted by Gasteiger charge is 2.24. The first kappa shape index (κ1) is 22.1. The molecule has 3 rings (SSSR count). The molecule has 2 aliphatic rings. The van der Waals surface area contributed by atoms with E-state index < -0.39 is 0 Å². The largest absolute Gasteiger partial charge is 0.357 e. The highest BCUT2D eigenvalue weighted by Crippen LogP contribution is 2.29. The summed E-state index contributed by atoms with van der Waals surface area (Å²) in [4.78, 5) is 20.9. The van der Waals surface area contributed by atoms with Crippen LogP contribution in [0.15, 0.2) is 22.5 Å². The van der Waals surface area contributed by atoms with Crippen LogP contribution >= 0.6 is 11.3 Å². The number of likely N-dealkylation sites (tertiary alicyclic amines) is 1. The molecule has 1 amide bonds. The maximum absolute atomic E-state index is 12.1. The minimum Gasteiger partial charge on any atom is -0.357 e. The minimum atomic E-state index is 0.187. The molecular weight excluding hydrogens is 382 g/mol. The summed E-state index contributed by atoms with van der Waals surface area (Å²) in [6.07, 6.45) is 8.25. The van der Waals surface area contributed by atoms with Gasteiger partial charge in [-0.2, -0.15) is 0 Å². The molecule has 1 aliphatic carbocycles. The summed E-state index contributed by atoms with van der Waals surface area (Å²) in [6.45, 7) is 7.31. The number of amides is 1. The zero-order chi connectivity index (χ0) is 20.3. The predicted molar refractivity (Wildman–Crippen MR) is 121 cm³/mol. The molecule has 3 N–H and O–H groups in total. The Morgan fingerprint density at radius 2 is 1.93 bits per heavy atom. The van der Waals surface area contributed by atoms with Gasteiger partial charge in [0, 0.05) is 30.9 Å². The van der Waals surface area contributed by atoms with Crippen molar-refractivity contribution in [1.82, 2.24) is 20.9 Å². The van der Waals surface area contributed by atoms with Gasteiger partial charge in [-0.15, -0.1) is 11.3 Å². The molecule has 7 heteroatoms. The second kappa shape index (κ2) is 12.2. The molecule has 1 unspecified atom stereocenters. The lowest BCUT2D eigenvalue weighted by molar-refractivity contribution is -0.121. The van der Waals surface area contributed by atoms with Crippen molar-refractivity contribution < 1.29 is 4.79 Å². The number of guanidine groups is 1. The maximum Gasteiger partial charge on any atom is 0.220 e. The summed E-state index contributed by atoms with van der Waals surface area (Å²) in [5.41, 5.74) is 0. The van der Waals surface area contributed by atoms with E-state index in [2.05, 4.69) is 45.3 Å². The van der Waals surface area contributed by atoms with E-state index >= 15 is 0 Å². The van der Waals surface area contributed by atoms with E-state index in [4.69, 9.17) is 4.99 Å². The molecule has 1 saturated carbocycles. The summed E-state index contributed by atoms with van der Waals surface area (Å²) in [5.74, 6) is 1.62. The average molecular weight is 420 g/mol. The molecule has 0 aromatic carbocycles. The molecule has 1 aliphatic heterocycles. The topological polar surface area (TPSA) is 68.8 Å². The van der Waals surface area contributed by atoms with Gasteiger partial charge in [0.25, 0.3) is 0 Å². The monoisotopic (exact) mass is 419 g/mol. The summed E-state index contributed by atoms with van der Waals surface area (Å²) in [7, 11) is 0. The van der Waals surface area contributed by atoms with Gasteiger partial charge in [-0.05, 0) is 63.1 Å². The van der Waals surface area contributed by atoms with Gasteiger partial charge in [0.15, 0.2) is 5.96 Å². The summed E-state index contributed by atoms with van der Waals surface area (Å²) in [5, 5.41) is 11.9. The molecular formula is C22H37N5OS. The summed E-state index contributed by atoms with van der Waals surface area (Å²) < 4.78 is 0. The Morgan fingerprint density at radius 1 is 1.17 bits per heavy atom. The number of carbonyl (C=O) groups excluding carboxylic acids is 1. The Hall–Kier alpha value is -1.60. The third kappa shape index (κ3) is 7.30. The molecule has 162 valence electrons. The fraction of sp³-hybridized carbons (Fsp3) is 0.727. The van der Waals surface area contributed by atoms with Crippen LogP contribution in [0.4, 0.5) is 0 Å². The fourth-order valence-corrected chi connectivity index (χ4v) is 5.22. The molecule has 2 heterocycles. The third-order valence-corrected chi connectivity index (χ3v) is 6.88. The molecule has 0 bridgehead atoms. The van der Waals surface area contributed by atoms with Crippen molar-refractivity contribution in [2.75, 3.05) is 39.3 Å². The Balaban J connectivity index is 1.44. The number of nitrogens with zero attached hydrogens (tertiary/aromatic N) is 2. The quantitative estimate of drug-likeness (QED) is 0.310. The zero-order valence-electron chi connectivity index (χ0n) is 17.8. The van der Waals surface area contributed by atoms with Gasteiger partial charge < -0.3 is 16.0 Å². The van der Waals surface area contributed by atoms with Gasteiger partial charge in [0.05, 0.1) is 12.6 Å². The fourth-order valence-electron chi connectivity index (χ4n) is 4.37. The van der Waals surface area contributed by atoms with Crippen LogP contribution in [-0.4, -0.2) is 56.0 Å². The first-order valence-corrected chi connectivity index (χ1v) is 12.2. The predicted octanol–water partition coefficient (Wildman–Crippen LogP) is 3.14. The number of thiophene rings is 1. The third-order valence-electron chi connectivity index (χ3n) is 5.91. The van der Waals surface area contributed by atoms with Crippen molar-refractivity contribution in [1.29, 1.82) is 0 Å². The molecule has 2 fully saturated rings. The number of rotatable bonds is 10. The van der Waals surface area contributed by atoms with Crippen LogP contribution in [0.1, 0.15) is 62.8 Å². The summed E-state index contributed by atoms with van der Waals surface area (Å²) >= 11 is 1.82. The van der Waals surface area contributed by atoms with Crippen LogP contribution in [0, 0.1) is 5.92 Å². The first-order valence-electron chi connectivity index (χ1n) is 11.3. The molecule has 1 aromatic heterocycles. The van der Waals surface area contributed by atoms with E-state index in [0.717, 1.165) is 32.1 Å². The van der Waals surface area contributed by atoms with Crippen LogP contribution in [0.25, 0.3) is 0 Å². The van der Waals surface area contributed by atoms with Crippen LogP contribution in [0.2, 0.25) is 0 Å². The van der Waals surface area contributed by atoms with Gasteiger partial charge >= 0.3 is 0 Å². The number of nitrogens with one attached hydrogen (secondary N) is 3. The van der Waals surface area contributed by atoms with Crippen LogP contribution < -0.4 is 16.0 Å². The first-order chi connectivity index (χ1) is 14.3. The van der Waals surface area contributed by atoms with Crippen LogP contribution in [0.3, 0.4) is 0 Å². The average Bonchev–Trinajstić information content (AvgIpc) is 3.49. The van der Waals surface area contributed by atoms with E-state index in [1.54, 1.807) is 0 Å². The van der Waals surface area contributed by atoms with E-state index in [0.29, 0.717) is 31.5 Å². The van der Waals surface area contributed by atoms with E-state index in [9.17, 15) is 4.79 Å². The number of hydrogen-bond acceptors (Lipinski definition) is 4. The van der Waals surface area contributed by atoms with Crippen molar-refractivity contribution in [3.63, 3.8) is 0 Å². The lowest BCUT2D eigenvalue weighted by Crippen LogP contribution is -2.42. The van der Waals surface area contributed by atoms with Gasteiger partial charge in [0.2, 0.25) is 5.91 Å². The SMILES string of the molecule is CCNC(=NCC(c1cccs1)N1CCCC1)NCCNC(=O)CC1CCCC1. The van der Waals surface area contributed by atoms with Gasteiger partial charge in [-0.3, -0.25) is 14.7 Å². The van der Waals surface area contributed by atoms with Crippen molar-refractivity contribution in [3.05, 3.63) is 22.4 Å². The number of carbonyl (C=O) groups is 1. The standard InChI is InChI=1S/C22H37N5OS/c1-2-23-22(25-12-11-24-21(28)16-18-8-3-4-9-18)26-17-19(20-10-7-15-29-20)27-13-5-6-14-27/h7,10,15,18-19H,2-6,8-9,11-14,16-17H2,1H3,(H,24,28)(H2,23,25,26). The van der Waals surface area contributed by atoms with Crippen LogP contribution in [0.5, 0.6) is 0 Å². The van der Waals surface area contributed by atoms with E-state index in [1.165, 1.54) is 43.4 Å². The van der Waals surface area contributed by atoms with Crippen molar-refractivity contribution in [2.45, 2.75) is 57.9 Å². The lowest BCUT2D eigenvalue weighted by atomic mass is 10.0. The minimum absolute atomic E-state index is 0.187. The second-order valence-electron chi connectivity index (χ2n) is 8.13. The lowest BCUT2D eigenvalue weighted by Gasteiger charge is -2.25. The molecule has 6 nitrogen and oxygen atoms in total. The second-order valence-corrected chi connectivity index (χ2v) is 9.10. The number of aliphatic imine (C=N–C) groups is 1. The van der Waals surface area contributed by atoms with E-state index in [1.807, 2.05) is 11.3 Å². The number of hydrogen-bond donors (Lipinski definition) is 3. The molecule has 29 heavy (non-hydrogen) atoms. The molecule has 1 saturated heterocycles. The Morgan fingerprint density at radius 3 is 2.62 bits per heavy atom.